The molecule has 0 aliphatic carbocycles. The van der Waals surface area contributed by atoms with E-state index in [0.717, 1.165) is 25.2 Å². The van der Waals surface area contributed by atoms with Crippen molar-refractivity contribution in [1.82, 2.24) is 0 Å². The standard InChI is InChI=1S/C12H17ClN2O/c1-8(16)9-5-6-15(7-9)12-10(13)3-2-4-11(12)14/h2-4,8-9,16H,5-7,14H2,1H3. The number of aliphatic hydroxyl groups is 1. The number of rotatable bonds is 2. The zero-order chi connectivity index (χ0) is 11.7. The van der Waals surface area contributed by atoms with Crippen molar-refractivity contribution in [3.8, 4) is 0 Å². The van der Waals surface area contributed by atoms with Crippen molar-refractivity contribution < 1.29 is 5.11 Å². The monoisotopic (exact) mass is 240 g/mol. The van der Waals surface area contributed by atoms with E-state index < -0.39 is 0 Å². The molecule has 0 spiro atoms. The summed E-state index contributed by atoms with van der Waals surface area (Å²) < 4.78 is 0. The number of hydrogen-bond donors (Lipinski definition) is 2. The molecule has 0 bridgehead atoms. The summed E-state index contributed by atoms with van der Waals surface area (Å²) in [6.45, 7) is 3.57. The molecular formula is C12H17ClN2O. The van der Waals surface area contributed by atoms with E-state index >= 15 is 0 Å². The molecule has 3 nitrogen and oxygen atoms in total. The van der Waals surface area contributed by atoms with Crippen molar-refractivity contribution in [2.45, 2.75) is 19.4 Å². The SMILES string of the molecule is CC(O)C1CCN(c2c(N)cccc2Cl)C1. The maximum atomic E-state index is 9.56. The Kier molecular flexibility index (Phi) is 3.26. The van der Waals surface area contributed by atoms with E-state index in [1.807, 2.05) is 25.1 Å². The van der Waals surface area contributed by atoms with Gasteiger partial charge in [-0.3, -0.25) is 0 Å². The molecule has 1 saturated heterocycles. The highest BCUT2D eigenvalue weighted by Crippen LogP contribution is 2.35. The van der Waals surface area contributed by atoms with Gasteiger partial charge in [0.05, 0.1) is 22.5 Å². The Hall–Kier alpha value is -0.930. The van der Waals surface area contributed by atoms with Crippen LogP contribution in [0.1, 0.15) is 13.3 Å². The number of halogens is 1. The zero-order valence-corrected chi connectivity index (χ0v) is 10.1. The Morgan fingerprint density at radius 3 is 2.88 bits per heavy atom. The number of para-hydroxylation sites is 1. The van der Waals surface area contributed by atoms with Crippen LogP contribution in [0.25, 0.3) is 0 Å². The highest BCUT2D eigenvalue weighted by molar-refractivity contribution is 6.34. The van der Waals surface area contributed by atoms with E-state index in [1.54, 1.807) is 0 Å². The second kappa shape index (κ2) is 4.52. The molecule has 1 heterocycles. The van der Waals surface area contributed by atoms with Gasteiger partial charge in [0, 0.05) is 19.0 Å². The number of aliphatic hydroxyl groups excluding tert-OH is 1. The molecule has 88 valence electrons. The van der Waals surface area contributed by atoms with Crippen molar-refractivity contribution in [1.29, 1.82) is 0 Å². The van der Waals surface area contributed by atoms with Crippen molar-refractivity contribution in [2.24, 2.45) is 5.92 Å². The zero-order valence-electron chi connectivity index (χ0n) is 9.36. The molecule has 2 unspecified atom stereocenters. The first-order valence-electron chi connectivity index (χ1n) is 5.56. The van der Waals surface area contributed by atoms with Crippen LogP contribution in [0.2, 0.25) is 5.02 Å². The fraction of sp³-hybridized carbons (Fsp3) is 0.500. The summed E-state index contributed by atoms with van der Waals surface area (Å²) in [5.74, 6) is 0.315. The summed E-state index contributed by atoms with van der Waals surface area (Å²) in [7, 11) is 0. The summed E-state index contributed by atoms with van der Waals surface area (Å²) >= 11 is 6.15. The second-order valence-electron chi connectivity index (χ2n) is 4.41. The minimum absolute atomic E-state index is 0.270. The van der Waals surface area contributed by atoms with Crippen molar-refractivity contribution in [3.63, 3.8) is 0 Å². The molecule has 2 atom stereocenters. The van der Waals surface area contributed by atoms with Gasteiger partial charge in [-0.25, -0.2) is 0 Å². The molecule has 1 aromatic carbocycles. The van der Waals surface area contributed by atoms with E-state index in [4.69, 9.17) is 17.3 Å². The van der Waals surface area contributed by atoms with Crippen LogP contribution >= 0.6 is 11.6 Å². The van der Waals surface area contributed by atoms with Gasteiger partial charge in [0.1, 0.15) is 0 Å². The Labute approximate surface area is 101 Å². The van der Waals surface area contributed by atoms with Crippen LogP contribution in [0, 0.1) is 5.92 Å². The fourth-order valence-corrected chi connectivity index (χ4v) is 2.55. The number of nitrogen functional groups attached to an aromatic ring is 1. The molecule has 0 amide bonds. The predicted molar refractivity (Wildman–Crippen MR) is 67.9 cm³/mol. The van der Waals surface area contributed by atoms with Crippen molar-refractivity contribution in [2.75, 3.05) is 23.7 Å². The largest absolute Gasteiger partial charge is 0.397 e. The third-order valence-electron chi connectivity index (χ3n) is 3.24. The van der Waals surface area contributed by atoms with Gasteiger partial charge in [-0.15, -0.1) is 0 Å². The second-order valence-corrected chi connectivity index (χ2v) is 4.82. The summed E-state index contributed by atoms with van der Waals surface area (Å²) in [5.41, 5.74) is 7.55. The Morgan fingerprint density at radius 1 is 1.56 bits per heavy atom. The molecule has 1 fully saturated rings. The molecule has 0 radical (unpaired) electrons. The summed E-state index contributed by atoms with van der Waals surface area (Å²) in [6, 6.07) is 5.56. The first-order valence-corrected chi connectivity index (χ1v) is 5.94. The van der Waals surface area contributed by atoms with Gasteiger partial charge in [-0.2, -0.15) is 0 Å². The maximum absolute atomic E-state index is 9.56. The molecule has 0 aromatic heterocycles. The molecule has 1 aromatic rings. The van der Waals surface area contributed by atoms with Gasteiger partial charge >= 0.3 is 0 Å². The van der Waals surface area contributed by atoms with E-state index in [0.29, 0.717) is 16.6 Å². The number of benzene rings is 1. The van der Waals surface area contributed by atoms with Crippen LogP contribution in [0.5, 0.6) is 0 Å². The van der Waals surface area contributed by atoms with Crippen molar-refractivity contribution >= 4 is 23.0 Å². The van der Waals surface area contributed by atoms with Crippen LogP contribution < -0.4 is 10.6 Å². The molecule has 2 rings (SSSR count). The number of nitrogens with two attached hydrogens (primary N) is 1. The third kappa shape index (κ3) is 2.11. The van der Waals surface area contributed by atoms with Gasteiger partial charge in [0.25, 0.3) is 0 Å². The Morgan fingerprint density at radius 2 is 2.31 bits per heavy atom. The normalized spacial score (nSPS) is 22.4. The minimum Gasteiger partial charge on any atom is -0.397 e. The van der Waals surface area contributed by atoms with Gasteiger partial charge in [-0.05, 0) is 25.5 Å². The highest BCUT2D eigenvalue weighted by Gasteiger charge is 2.28. The fourth-order valence-electron chi connectivity index (χ4n) is 2.25. The number of nitrogens with zero attached hydrogens (tertiary/aromatic N) is 1. The van der Waals surface area contributed by atoms with Gasteiger partial charge in [-0.1, -0.05) is 17.7 Å². The van der Waals surface area contributed by atoms with Crippen LogP contribution in [0.15, 0.2) is 18.2 Å². The van der Waals surface area contributed by atoms with Crippen molar-refractivity contribution in [3.05, 3.63) is 23.2 Å². The molecule has 3 N–H and O–H groups in total. The molecule has 1 aliphatic rings. The lowest BCUT2D eigenvalue weighted by Gasteiger charge is -2.22. The van der Waals surface area contributed by atoms with E-state index in [2.05, 4.69) is 4.90 Å². The van der Waals surface area contributed by atoms with Gasteiger partial charge in [0.15, 0.2) is 0 Å². The van der Waals surface area contributed by atoms with E-state index in [-0.39, 0.29) is 6.10 Å². The molecule has 4 heteroatoms. The lowest BCUT2D eigenvalue weighted by molar-refractivity contribution is 0.136. The Balaban J connectivity index is 2.20. The summed E-state index contributed by atoms with van der Waals surface area (Å²) in [5, 5.41) is 10.3. The van der Waals surface area contributed by atoms with Crippen LogP contribution in [-0.4, -0.2) is 24.3 Å². The molecule has 1 aliphatic heterocycles. The lowest BCUT2D eigenvalue weighted by Crippen LogP contribution is -2.24. The quantitative estimate of drug-likeness (QED) is 0.779. The molecule has 0 saturated carbocycles. The molecular weight excluding hydrogens is 224 g/mol. The number of hydrogen-bond acceptors (Lipinski definition) is 3. The average molecular weight is 241 g/mol. The Bertz CT molecular complexity index is 361. The summed E-state index contributed by atoms with van der Waals surface area (Å²) in [4.78, 5) is 2.16. The van der Waals surface area contributed by atoms with E-state index in [9.17, 15) is 5.11 Å². The minimum atomic E-state index is -0.270. The first kappa shape index (κ1) is 11.6. The molecule has 16 heavy (non-hydrogen) atoms. The smallest absolute Gasteiger partial charge is 0.0789 e. The first-order chi connectivity index (χ1) is 7.59. The third-order valence-corrected chi connectivity index (χ3v) is 3.55. The van der Waals surface area contributed by atoms with Crippen LogP contribution in [0.3, 0.4) is 0 Å². The van der Waals surface area contributed by atoms with Crippen LogP contribution in [0.4, 0.5) is 11.4 Å². The van der Waals surface area contributed by atoms with Crippen LogP contribution in [-0.2, 0) is 0 Å². The lowest BCUT2D eigenvalue weighted by atomic mass is 10.0. The average Bonchev–Trinajstić information content (AvgIpc) is 2.66. The maximum Gasteiger partial charge on any atom is 0.0789 e. The number of anilines is 2. The predicted octanol–water partition coefficient (Wildman–Crippen LogP) is 2.13. The summed E-state index contributed by atoms with van der Waals surface area (Å²) in [6.07, 6.45) is 0.719. The van der Waals surface area contributed by atoms with Gasteiger partial charge in [0.2, 0.25) is 0 Å². The van der Waals surface area contributed by atoms with E-state index in [1.165, 1.54) is 0 Å². The highest BCUT2D eigenvalue weighted by atomic mass is 35.5. The van der Waals surface area contributed by atoms with Gasteiger partial charge < -0.3 is 15.7 Å². The topological polar surface area (TPSA) is 49.5 Å².